The van der Waals surface area contributed by atoms with Crippen molar-refractivity contribution in [3.05, 3.63) is 30.1 Å². The highest BCUT2D eigenvalue weighted by Crippen LogP contribution is 2.46. The Kier molecular flexibility index (Phi) is 1.83. The van der Waals surface area contributed by atoms with Crippen LogP contribution in [0.1, 0.15) is 18.7 Å². The molecule has 0 saturated heterocycles. The molecule has 3 rings (SSSR count). The molecule has 1 aliphatic carbocycles. The average molecular weight is 201 g/mol. The first-order valence-electron chi connectivity index (χ1n) is 5.44. The summed E-state index contributed by atoms with van der Waals surface area (Å²) in [5, 5.41) is 3.25. The molecule has 0 radical (unpaired) electrons. The molecule has 1 aromatic carbocycles. The van der Waals surface area contributed by atoms with Crippen LogP contribution in [0.15, 0.2) is 24.3 Å². The normalized spacial score (nSPS) is 18.2. The van der Waals surface area contributed by atoms with E-state index in [1.165, 1.54) is 12.8 Å². The van der Waals surface area contributed by atoms with E-state index in [1.807, 2.05) is 19.2 Å². The molecule has 0 atom stereocenters. The van der Waals surface area contributed by atoms with Gasteiger partial charge in [-0.1, -0.05) is 12.1 Å². The van der Waals surface area contributed by atoms with Crippen molar-refractivity contribution in [2.24, 2.45) is 0 Å². The number of likely N-dealkylation sites (N-methyl/N-ethyl adjacent to an activating group) is 1. The fraction of sp³-hybridized carbons (Fsp3) is 0.417. The summed E-state index contributed by atoms with van der Waals surface area (Å²) in [6.07, 6.45) is 2.49. The number of hydrogen-bond donors (Lipinski definition) is 2. The highest BCUT2D eigenvalue weighted by atomic mass is 15.0. The third-order valence-corrected chi connectivity index (χ3v) is 3.26. The number of aromatic nitrogens is 2. The maximum atomic E-state index is 4.67. The Morgan fingerprint density at radius 1 is 1.40 bits per heavy atom. The summed E-state index contributed by atoms with van der Waals surface area (Å²) in [5.41, 5.74) is 2.51. The van der Waals surface area contributed by atoms with Crippen molar-refractivity contribution in [1.29, 1.82) is 0 Å². The molecule has 3 nitrogen and oxygen atoms in total. The van der Waals surface area contributed by atoms with Crippen LogP contribution in [0.4, 0.5) is 0 Å². The van der Waals surface area contributed by atoms with Gasteiger partial charge in [0, 0.05) is 12.0 Å². The van der Waals surface area contributed by atoms with Gasteiger partial charge >= 0.3 is 0 Å². The maximum Gasteiger partial charge on any atom is 0.114 e. The zero-order valence-electron chi connectivity index (χ0n) is 8.88. The minimum atomic E-state index is 0.285. The third-order valence-electron chi connectivity index (χ3n) is 3.26. The lowest BCUT2D eigenvalue weighted by molar-refractivity contribution is 0.596. The molecule has 15 heavy (non-hydrogen) atoms. The van der Waals surface area contributed by atoms with Crippen molar-refractivity contribution in [2.75, 3.05) is 13.6 Å². The molecule has 0 bridgehead atoms. The number of H-pyrrole nitrogens is 1. The van der Waals surface area contributed by atoms with Crippen LogP contribution < -0.4 is 5.32 Å². The summed E-state index contributed by atoms with van der Waals surface area (Å²) in [5.74, 6) is 1.15. The van der Waals surface area contributed by atoms with E-state index in [0.29, 0.717) is 0 Å². The smallest absolute Gasteiger partial charge is 0.114 e. The standard InChI is InChI=1S/C12H15N3/c1-13-8-12(6-7-12)11-14-9-4-2-3-5-10(9)15-11/h2-5,13H,6-8H2,1H3,(H,14,15). The Hall–Kier alpha value is -1.35. The maximum absolute atomic E-state index is 4.67. The van der Waals surface area contributed by atoms with Crippen LogP contribution in [0.25, 0.3) is 11.0 Å². The molecule has 1 aliphatic rings. The van der Waals surface area contributed by atoms with Crippen LogP contribution in [0.5, 0.6) is 0 Å². The Labute approximate surface area is 88.9 Å². The number of benzene rings is 1. The molecule has 0 unspecified atom stereocenters. The van der Waals surface area contributed by atoms with Crippen LogP contribution in [0.3, 0.4) is 0 Å². The number of nitrogens with zero attached hydrogens (tertiary/aromatic N) is 1. The van der Waals surface area contributed by atoms with Gasteiger partial charge in [0.15, 0.2) is 0 Å². The molecule has 1 saturated carbocycles. The van der Waals surface area contributed by atoms with Gasteiger partial charge in [-0.2, -0.15) is 0 Å². The summed E-state index contributed by atoms with van der Waals surface area (Å²) in [4.78, 5) is 8.10. The van der Waals surface area contributed by atoms with Crippen molar-refractivity contribution in [3.63, 3.8) is 0 Å². The molecule has 2 N–H and O–H groups in total. The zero-order chi connectivity index (χ0) is 10.3. The van der Waals surface area contributed by atoms with Gasteiger partial charge in [-0.3, -0.25) is 0 Å². The largest absolute Gasteiger partial charge is 0.341 e. The summed E-state index contributed by atoms with van der Waals surface area (Å²) in [7, 11) is 2.00. The van der Waals surface area contributed by atoms with E-state index in [1.54, 1.807) is 0 Å². The Morgan fingerprint density at radius 2 is 2.20 bits per heavy atom. The van der Waals surface area contributed by atoms with Gasteiger partial charge in [0.2, 0.25) is 0 Å². The molecular formula is C12H15N3. The molecule has 0 spiro atoms. The van der Waals surface area contributed by atoms with E-state index < -0.39 is 0 Å². The van der Waals surface area contributed by atoms with E-state index in [4.69, 9.17) is 0 Å². The summed E-state index contributed by atoms with van der Waals surface area (Å²) in [6.45, 7) is 1.02. The highest BCUT2D eigenvalue weighted by Gasteiger charge is 2.46. The number of imidazole rings is 1. The van der Waals surface area contributed by atoms with Crippen molar-refractivity contribution >= 4 is 11.0 Å². The lowest BCUT2D eigenvalue weighted by atomic mass is 10.1. The van der Waals surface area contributed by atoms with E-state index in [2.05, 4.69) is 27.4 Å². The van der Waals surface area contributed by atoms with Crippen molar-refractivity contribution in [2.45, 2.75) is 18.3 Å². The van der Waals surface area contributed by atoms with Crippen molar-refractivity contribution in [3.8, 4) is 0 Å². The molecule has 0 aliphatic heterocycles. The van der Waals surface area contributed by atoms with Gasteiger partial charge in [0.25, 0.3) is 0 Å². The Balaban J connectivity index is 2.05. The second-order valence-corrected chi connectivity index (χ2v) is 4.41. The lowest BCUT2D eigenvalue weighted by Gasteiger charge is -2.10. The van der Waals surface area contributed by atoms with E-state index in [-0.39, 0.29) is 5.41 Å². The number of nitrogens with one attached hydrogen (secondary N) is 2. The van der Waals surface area contributed by atoms with E-state index in [9.17, 15) is 0 Å². The predicted molar refractivity (Wildman–Crippen MR) is 60.9 cm³/mol. The average Bonchev–Trinajstić information content (AvgIpc) is 2.91. The topological polar surface area (TPSA) is 40.7 Å². The van der Waals surface area contributed by atoms with Crippen molar-refractivity contribution in [1.82, 2.24) is 15.3 Å². The van der Waals surface area contributed by atoms with Crippen LogP contribution in [0, 0.1) is 0 Å². The first-order valence-corrected chi connectivity index (χ1v) is 5.44. The molecule has 3 heteroatoms. The van der Waals surface area contributed by atoms with Crippen LogP contribution in [0.2, 0.25) is 0 Å². The van der Waals surface area contributed by atoms with Gasteiger partial charge in [-0.05, 0) is 32.0 Å². The molecule has 2 aromatic rings. The van der Waals surface area contributed by atoms with Crippen LogP contribution >= 0.6 is 0 Å². The molecule has 1 aromatic heterocycles. The van der Waals surface area contributed by atoms with Crippen LogP contribution in [-0.4, -0.2) is 23.6 Å². The van der Waals surface area contributed by atoms with E-state index >= 15 is 0 Å². The van der Waals surface area contributed by atoms with Crippen molar-refractivity contribution < 1.29 is 0 Å². The number of aromatic amines is 1. The SMILES string of the molecule is CNCC1(c2nc3ccccc3[nH]2)CC1. The quantitative estimate of drug-likeness (QED) is 0.795. The summed E-state index contributed by atoms with van der Waals surface area (Å²) in [6, 6.07) is 8.22. The van der Waals surface area contributed by atoms with Gasteiger partial charge in [0.05, 0.1) is 11.0 Å². The molecule has 1 fully saturated rings. The predicted octanol–water partition coefficient (Wildman–Crippen LogP) is 1.81. The Morgan fingerprint density at radius 3 is 2.87 bits per heavy atom. The lowest BCUT2D eigenvalue weighted by Crippen LogP contribution is -2.24. The molecule has 1 heterocycles. The fourth-order valence-corrected chi connectivity index (χ4v) is 2.19. The summed E-state index contributed by atoms with van der Waals surface area (Å²) >= 11 is 0. The van der Waals surface area contributed by atoms with Gasteiger partial charge in [-0.25, -0.2) is 4.98 Å². The third kappa shape index (κ3) is 1.35. The highest BCUT2D eigenvalue weighted by molar-refractivity contribution is 5.75. The summed E-state index contributed by atoms with van der Waals surface area (Å²) < 4.78 is 0. The number of rotatable bonds is 3. The molecule has 0 amide bonds. The monoisotopic (exact) mass is 201 g/mol. The van der Waals surface area contributed by atoms with E-state index in [0.717, 1.165) is 23.4 Å². The molecular weight excluding hydrogens is 186 g/mol. The number of hydrogen-bond acceptors (Lipinski definition) is 2. The molecule has 78 valence electrons. The minimum Gasteiger partial charge on any atom is -0.341 e. The number of fused-ring (bicyclic) bond motifs is 1. The first-order chi connectivity index (χ1) is 7.34. The van der Waals surface area contributed by atoms with Gasteiger partial charge in [0.1, 0.15) is 5.82 Å². The minimum absolute atomic E-state index is 0.285. The first kappa shape index (κ1) is 8.92. The number of para-hydroxylation sites is 2. The Bertz CT molecular complexity index is 449. The van der Waals surface area contributed by atoms with Gasteiger partial charge < -0.3 is 10.3 Å². The van der Waals surface area contributed by atoms with Gasteiger partial charge in [-0.15, -0.1) is 0 Å². The zero-order valence-corrected chi connectivity index (χ0v) is 8.88. The fourth-order valence-electron chi connectivity index (χ4n) is 2.19. The second kappa shape index (κ2) is 3.07. The van der Waals surface area contributed by atoms with Crippen LogP contribution in [-0.2, 0) is 5.41 Å². The second-order valence-electron chi connectivity index (χ2n) is 4.41.